The number of amides is 2. The number of carbonyl (C=O) groups is 2. The lowest BCUT2D eigenvalue weighted by Gasteiger charge is -2.24. The predicted molar refractivity (Wildman–Crippen MR) is 147 cm³/mol. The van der Waals surface area contributed by atoms with E-state index in [9.17, 15) is 9.59 Å². The van der Waals surface area contributed by atoms with Crippen LogP contribution in [0.2, 0.25) is 0 Å². The minimum atomic E-state index is -0.997. The van der Waals surface area contributed by atoms with E-state index in [1.807, 2.05) is 80.6 Å². The van der Waals surface area contributed by atoms with Crippen LogP contribution >= 0.6 is 0 Å². The monoisotopic (exact) mass is 518 g/mol. The van der Waals surface area contributed by atoms with Crippen molar-refractivity contribution >= 4 is 23.2 Å². The topological polar surface area (TPSA) is 77.1 Å². The average Bonchev–Trinajstić information content (AvgIpc) is 3.63. The molecule has 7 nitrogen and oxygen atoms in total. The molecule has 0 saturated carbocycles. The molecule has 194 valence electrons. The smallest absolute Gasteiger partial charge is 0.256 e. The van der Waals surface area contributed by atoms with Crippen LogP contribution in [-0.4, -0.2) is 25.2 Å². The standard InChI is InChI=1S/C32H26N2O5/c1-19-8-7-12-25(20(19)2)33-30(35)22-10-4-3-9-21(22)16-34-26-13-6-5-11-23(26)32(31(34)36)17-37-27-15-29-28(14-24(27)32)38-18-39-29/h3-15H,16-18H2,1-2H3,(H,33,35). The van der Waals surface area contributed by atoms with Gasteiger partial charge >= 0.3 is 0 Å². The Hall–Kier alpha value is -4.78. The molecule has 3 aliphatic rings. The van der Waals surface area contributed by atoms with E-state index < -0.39 is 5.41 Å². The van der Waals surface area contributed by atoms with Crippen molar-refractivity contribution in [2.24, 2.45) is 0 Å². The van der Waals surface area contributed by atoms with E-state index in [4.69, 9.17) is 14.2 Å². The van der Waals surface area contributed by atoms with Gasteiger partial charge in [-0.15, -0.1) is 0 Å². The van der Waals surface area contributed by atoms with E-state index in [1.54, 1.807) is 17.0 Å². The highest BCUT2D eigenvalue weighted by Crippen LogP contribution is 2.55. The first-order valence-electron chi connectivity index (χ1n) is 12.9. The summed E-state index contributed by atoms with van der Waals surface area (Å²) in [5, 5.41) is 3.06. The zero-order valence-corrected chi connectivity index (χ0v) is 21.6. The maximum Gasteiger partial charge on any atom is 0.256 e. The van der Waals surface area contributed by atoms with Gasteiger partial charge in [0.05, 0.1) is 6.54 Å². The molecule has 3 heterocycles. The predicted octanol–water partition coefficient (Wildman–Crippen LogP) is 5.51. The van der Waals surface area contributed by atoms with E-state index in [1.165, 1.54) is 0 Å². The van der Waals surface area contributed by atoms with Gasteiger partial charge in [-0.25, -0.2) is 0 Å². The molecule has 4 aromatic rings. The molecular formula is C32H26N2O5. The first-order chi connectivity index (χ1) is 19.0. The van der Waals surface area contributed by atoms with Crippen molar-refractivity contribution in [2.75, 3.05) is 23.6 Å². The van der Waals surface area contributed by atoms with Gasteiger partial charge in [-0.05, 0) is 60.4 Å². The van der Waals surface area contributed by atoms with Crippen LogP contribution in [0.15, 0.2) is 78.9 Å². The van der Waals surface area contributed by atoms with E-state index in [2.05, 4.69) is 5.32 Å². The third-order valence-corrected chi connectivity index (χ3v) is 8.09. The van der Waals surface area contributed by atoms with Crippen molar-refractivity contribution in [1.82, 2.24) is 0 Å². The third kappa shape index (κ3) is 3.43. The summed E-state index contributed by atoms with van der Waals surface area (Å²) >= 11 is 0. The second-order valence-electron chi connectivity index (χ2n) is 10.2. The average molecular weight is 519 g/mol. The summed E-state index contributed by atoms with van der Waals surface area (Å²) in [6.45, 7) is 4.58. The number of nitrogens with zero attached hydrogens (tertiary/aromatic N) is 1. The fourth-order valence-electron chi connectivity index (χ4n) is 5.85. The van der Waals surface area contributed by atoms with Crippen molar-refractivity contribution in [3.63, 3.8) is 0 Å². The Morgan fingerprint density at radius 3 is 2.51 bits per heavy atom. The van der Waals surface area contributed by atoms with Crippen LogP contribution in [0.4, 0.5) is 11.4 Å². The van der Waals surface area contributed by atoms with Gasteiger partial charge in [0.2, 0.25) is 12.7 Å². The van der Waals surface area contributed by atoms with Gasteiger partial charge in [-0.1, -0.05) is 48.5 Å². The van der Waals surface area contributed by atoms with E-state index in [0.29, 0.717) is 22.8 Å². The minimum absolute atomic E-state index is 0.0916. The molecule has 4 aromatic carbocycles. The van der Waals surface area contributed by atoms with Crippen molar-refractivity contribution in [1.29, 1.82) is 0 Å². The van der Waals surface area contributed by atoms with Gasteiger partial charge in [0.1, 0.15) is 17.8 Å². The molecular weight excluding hydrogens is 492 g/mol. The number of hydrogen-bond acceptors (Lipinski definition) is 5. The minimum Gasteiger partial charge on any atom is -0.491 e. The molecule has 1 spiro atoms. The molecule has 0 aliphatic carbocycles. The Morgan fingerprint density at radius 1 is 0.872 bits per heavy atom. The molecule has 0 saturated heterocycles. The molecule has 7 rings (SSSR count). The fraction of sp³-hybridized carbons (Fsp3) is 0.188. The highest BCUT2D eigenvalue weighted by molar-refractivity contribution is 6.12. The highest BCUT2D eigenvalue weighted by Gasteiger charge is 2.57. The van der Waals surface area contributed by atoms with Crippen LogP contribution in [0.1, 0.15) is 38.2 Å². The Labute approximate surface area is 225 Å². The van der Waals surface area contributed by atoms with Gasteiger partial charge in [0, 0.05) is 28.6 Å². The molecule has 0 aromatic heterocycles. The Balaban J connectivity index is 1.26. The van der Waals surface area contributed by atoms with E-state index in [0.717, 1.165) is 39.2 Å². The molecule has 1 N–H and O–H groups in total. The van der Waals surface area contributed by atoms with Gasteiger partial charge in [-0.3, -0.25) is 9.59 Å². The van der Waals surface area contributed by atoms with E-state index in [-0.39, 0.29) is 31.8 Å². The molecule has 1 unspecified atom stereocenters. The molecule has 39 heavy (non-hydrogen) atoms. The van der Waals surface area contributed by atoms with Gasteiger partial charge in [-0.2, -0.15) is 0 Å². The second-order valence-corrected chi connectivity index (χ2v) is 10.2. The molecule has 1 atom stereocenters. The van der Waals surface area contributed by atoms with Crippen LogP contribution in [-0.2, 0) is 16.8 Å². The molecule has 0 bridgehead atoms. The van der Waals surface area contributed by atoms with Crippen molar-refractivity contribution in [3.8, 4) is 17.2 Å². The SMILES string of the molecule is Cc1cccc(NC(=O)c2ccccc2CN2C(=O)C3(COc4cc5c(cc43)OCO5)c3ccccc32)c1C. The highest BCUT2D eigenvalue weighted by atomic mass is 16.7. The second kappa shape index (κ2) is 8.63. The van der Waals surface area contributed by atoms with Crippen molar-refractivity contribution in [2.45, 2.75) is 25.8 Å². The summed E-state index contributed by atoms with van der Waals surface area (Å²) < 4.78 is 17.2. The zero-order chi connectivity index (χ0) is 26.7. The zero-order valence-electron chi connectivity index (χ0n) is 21.6. The summed E-state index contributed by atoms with van der Waals surface area (Å²) in [6.07, 6.45) is 0. The van der Waals surface area contributed by atoms with Crippen molar-refractivity contribution in [3.05, 3.63) is 112 Å². The molecule has 3 aliphatic heterocycles. The number of ether oxygens (including phenoxy) is 3. The number of benzene rings is 4. The van der Waals surface area contributed by atoms with Crippen LogP contribution in [0, 0.1) is 13.8 Å². The number of nitrogens with one attached hydrogen (secondary N) is 1. The largest absolute Gasteiger partial charge is 0.491 e. The number of fused-ring (bicyclic) bond motifs is 5. The van der Waals surface area contributed by atoms with Gasteiger partial charge < -0.3 is 24.4 Å². The number of carbonyl (C=O) groups excluding carboxylic acids is 2. The van der Waals surface area contributed by atoms with Crippen LogP contribution in [0.25, 0.3) is 0 Å². The quantitative estimate of drug-likeness (QED) is 0.386. The number of anilines is 2. The summed E-state index contributed by atoms with van der Waals surface area (Å²) in [4.78, 5) is 29.6. The molecule has 2 amide bonds. The van der Waals surface area contributed by atoms with Gasteiger partial charge in [0.25, 0.3) is 5.91 Å². The number of rotatable bonds is 4. The summed E-state index contributed by atoms with van der Waals surface area (Å²) in [5.41, 5.74) is 5.64. The van der Waals surface area contributed by atoms with Gasteiger partial charge in [0.15, 0.2) is 11.5 Å². The Bertz CT molecular complexity index is 1680. The lowest BCUT2D eigenvalue weighted by Crippen LogP contribution is -2.42. The number of hydrogen-bond donors (Lipinski definition) is 1. The third-order valence-electron chi connectivity index (χ3n) is 8.09. The first-order valence-corrected chi connectivity index (χ1v) is 12.9. The van der Waals surface area contributed by atoms with E-state index >= 15 is 0 Å². The summed E-state index contributed by atoms with van der Waals surface area (Å²) in [5.74, 6) is 1.54. The maximum atomic E-state index is 14.4. The molecule has 7 heteroatoms. The lowest BCUT2D eigenvalue weighted by atomic mass is 9.77. The van der Waals surface area contributed by atoms with Crippen LogP contribution < -0.4 is 24.4 Å². The Morgan fingerprint density at radius 2 is 1.64 bits per heavy atom. The van der Waals surface area contributed by atoms with Crippen molar-refractivity contribution < 1.29 is 23.8 Å². The van der Waals surface area contributed by atoms with Crippen LogP contribution in [0.5, 0.6) is 17.2 Å². The van der Waals surface area contributed by atoms with Crippen LogP contribution in [0.3, 0.4) is 0 Å². The maximum absolute atomic E-state index is 14.4. The normalized spacial score (nSPS) is 18.2. The first kappa shape index (κ1) is 23.3. The summed E-state index contributed by atoms with van der Waals surface area (Å²) in [7, 11) is 0. The lowest BCUT2D eigenvalue weighted by molar-refractivity contribution is -0.122. The fourth-order valence-corrected chi connectivity index (χ4v) is 5.85. The summed E-state index contributed by atoms with van der Waals surface area (Å²) in [6, 6.07) is 24.7. The number of para-hydroxylation sites is 1. The molecule has 0 fully saturated rings. The number of aryl methyl sites for hydroxylation is 1. The molecule has 0 radical (unpaired) electrons. The Kier molecular flexibility index (Phi) is 5.17.